The molecule has 0 saturated carbocycles. The Balaban J connectivity index is 2.45. The van der Waals surface area contributed by atoms with Crippen LogP contribution in [-0.4, -0.2) is 18.0 Å². The summed E-state index contributed by atoms with van der Waals surface area (Å²) in [5.74, 6) is 1.10. The number of benzene rings is 1. The lowest BCUT2D eigenvalue weighted by molar-refractivity contribution is 0.418. The van der Waals surface area contributed by atoms with E-state index in [0.717, 1.165) is 17.2 Å². The fourth-order valence-corrected chi connectivity index (χ4v) is 2.76. The Hall–Kier alpha value is -1.75. The van der Waals surface area contributed by atoms with Crippen LogP contribution in [0.2, 0.25) is 0 Å². The predicted octanol–water partition coefficient (Wildman–Crippen LogP) is 3.20. The van der Waals surface area contributed by atoms with Crippen molar-refractivity contribution in [2.24, 2.45) is 0 Å². The van der Waals surface area contributed by atoms with Gasteiger partial charge >= 0.3 is 0 Å². The third-order valence-electron chi connectivity index (χ3n) is 2.74. The van der Waals surface area contributed by atoms with Gasteiger partial charge in [-0.1, -0.05) is 12.1 Å². The lowest BCUT2D eigenvalue weighted by atomic mass is 10.2. The van der Waals surface area contributed by atoms with Crippen molar-refractivity contribution >= 4 is 28.0 Å². The van der Waals surface area contributed by atoms with Crippen LogP contribution in [0, 0.1) is 6.92 Å². The van der Waals surface area contributed by atoms with Crippen molar-refractivity contribution in [3.63, 3.8) is 0 Å². The minimum atomic E-state index is 0.448. The molecule has 0 fully saturated rings. The second kappa shape index (κ2) is 5.27. The van der Waals surface area contributed by atoms with Gasteiger partial charge in [-0.25, -0.2) is 0 Å². The number of nitrogens with zero attached hydrogens (tertiary/aromatic N) is 2. The molecule has 0 spiro atoms. The van der Waals surface area contributed by atoms with Gasteiger partial charge in [0.05, 0.1) is 7.11 Å². The number of hydrogen-bond acceptors (Lipinski definition) is 5. The van der Waals surface area contributed by atoms with Gasteiger partial charge in [-0.2, -0.15) is 4.37 Å². The number of hydrogen-bond donors (Lipinski definition) is 1. The first kappa shape index (κ1) is 12.7. The third kappa shape index (κ3) is 2.26. The lowest BCUT2D eigenvalue weighted by Gasteiger charge is -2.22. The summed E-state index contributed by atoms with van der Waals surface area (Å²) in [7, 11) is 1.62. The number of nitrogen functional groups attached to an aromatic ring is 1. The van der Waals surface area contributed by atoms with Gasteiger partial charge in [-0.3, -0.25) is 0 Å². The van der Waals surface area contributed by atoms with E-state index >= 15 is 0 Å². The molecule has 0 aliphatic heterocycles. The fourth-order valence-electron chi connectivity index (χ4n) is 1.89. The van der Waals surface area contributed by atoms with Gasteiger partial charge in [0.15, 0.2) is 16.6 Å². The summed E-state index contributed by atoms with van der Waals surface area (Å²) >= 11 is 1.36. The Kier molecular flexibility index (Phi) is 3.72. The number of aryl methyl sites for hydroxylation is 1. The molecular formula is C13H17N3OS. The zero-order valence-corrected chi connectivity index (χ0v) is 11.6. The van der Waals surface area contributed by atoms with Gasteiger partial charge in [0.25, 0.3) is 0 Å². The maximum absolute atomic E-state index is 5.80. The molecule has 0 aliphatic rings. The average molecular weight is 263 g/mol. The van der Waals surface area contributed by atoms with Gasteiger partial charge < -0.3 is 15.4 Å². The summed E-state index contributed by atoms with van der Waals surface area (Å²) < 4.78 is 9.49. The highest BCUT2D eigenvalue weighted by molar-refractivity contribution is 7.11. The molecule has 4 nitrogen and oxygen atoms in total. The van der Waals surface area contributed by atoms with Gasteiger partial charge in [0, 0.05) is 12.2 Å². The van der Waals surface area contributed by atoms with Gasteiger partial charge in [0.2, 0.25) is 0 Å². The van der Waals surface area contributed by atoms with Crippen LogP contribution < -0.4 is 15.4 Å². The van der Waals surface area contributed by atoms with E-state index in [9.17, 15) is 0 Å². The van der Waals surface area contributed by atoms with Crippen LogP contribution in [0.15, 0.2) is 24.3 Å². The number of methoxy groups -OCH3 is 1. The molecule has 96 valence electrons. The highest BCUT2D eigenvalue weighted by atomic mass is 32.1. The van der Waals surface area contributed by atoms with Crippen molar-refractivity contribution in [3.8, 4) is 5.75 Å². The molecule has 0 saturated heterocycles. The van der Waals surface area contributed by atoms with Crippen molar-refractivity contribution in [3.05, 3.63) is 29.8 Å². The van der Waals surface area contributed by atoms with Crippen molar-refractivity contribution in [2.45, 2.75) is 13.8 Å². The molecule has 1 heterocycles. The Bertz CT molecular complexity index is 539. The van der Waals surface area contributed by atoms with Crippen molar-refractivity contribution < 1.29 is 4.74 Å². The second-order valence-corrected chi connectivity index (χ2v) is 4.74. The van der Waals surface area contributed by atoms with E-state index in [2.05, 4.69) is 41.3 Å². The van der Waals surface area contributed by atoms with E-state index in [0.29, 0.717) is 11.6 Å². The first-order valence-electron chi connectivity index (χ1n) is 5.80. The summed E-state index contributed by atoms with van der Waals surface area (Å²) in [5, 5.41) is 0.947. The van der Waals surface area contributed by atoms with Crippen molar-refractivity contribution in [1.29, 1.82) is 0 Å². The summed E-state index contributed by atoms with van der Waals surface area (Å²) in [6.07, 6.45) is 0. The first-order chi connectivity index (χ1) is 8.67. The smallest absolute Gasteiger partial charge is 0.197 e. The SMILES string of the molecule is CCN(c1cccc(C)c1)c1snc(N)c1OC. The minimum Gasteiger partial charge on any atom is -0.490 e. The fraction of sp³-hybridized carbons (Fsp3) is 0.308. The maximum Gasteiger partial charge on any atom is 0.197 e. The zero-order chi connectivity index (χ0) is 13.1. The molecule has 1 aromatic carbocycles. The summed E-state index contributed by atoms with van der Waals surface area (Å²) in [6.45, 7) is 5.01. The Morgan fingerprint density at radius 3 is 2.83 bits per heavy atom. The third-order valence-corrected chi connectivity index (χ3v) is 3.60. The lowest BCUT2D eigenvalue weighted by Crippen LogP contribution is -2.15. The van der Waals surface area contributed by atoms with E-state index < -0.39 is 0 Å². The van der Waals surface area contributed by atoms with Gasteiger partial charge in [0.1, 0.15) is 0 Å². The molecule has 0 unspecified atom stereocenters. The molecule has 18 heavy (non-hydrogen) atoms. The molecule has 1 aromatic heterocycles. The van der Waals surface area contributed by atoms with Crippen LogP contribution in [0.4, 0.5) is 16.5 Å². The second-order valence-electron chi connectivity index (χ2n) is 3.99. The van der Waals surface area contributed by atoms with E-state index in [1.165, 1.54) is 17.1 Å². The quantitative estimate of drug-likeness (QED) is 0.920. The molecule has 2 aromatic rings. The predicted molar refractivity (Wildman–Crippen MR) is 76.9 cm³/mol. The number of rotatable bonds is 4. The molecule has 2 rings (SSSR count). The van der Waals surface area contributed by atoms with Crippen LogP contribution in [-0.2, 0) is 0 Å². The van der Waals surface area contributed by atoms with E-state index in [1.807, 2.05) is 6.07 Å². The molecule has 0 aliphatic carbocycles. The number of aromatic nitrogens is 1. The zero-order valence-electron chi connectivity index (χ0n) is 10.8. The van der Waals surface area contributed by atoms with Crippen LogP contribution in [0.25, 0.3) is 0 Å². The van der Waals surface area contributed by atoms with Crippen LogP contribution in [0.1, 0.15) is 12.5 Å². The van der Waals surface area contributed by atoms with Crippen molar-refractivity contribution in [2.75, 3.05) is 24.3 Å². The van der Waals surface area contributed by atoms with Gasteiger partial charge in [-0.15, -0.1) is 0 Å². The normalized spacial score (nSPS) is 10.4. The molecule has 0 bridgehead atoms. The first-order valence-corrected chi connectivity index (χ1v) is 6.58. The van der Waals surface area contributed by atoms with E-state index in [1.54, 1.807) is 7.11 Å². The monoisotopic (exact) mass is 263 g/mol. The Morgan fingerprint density at radius 1 is 1.44 bits per heavy atom. The van der Waals surface area contributed by atoms with Crippen LogP contribution >= 0.6 is 11.5 Å². The molecule has 2 N–H and O–H groups in total. The van der Waals surface area contributed by atoms with E-state index in [4.69, 9.17) is 10.5 Å². The minimum absolute atomic E-state index is 0.448. The number of ether oxygens (including phenoxy) is 1. The van der Waals surface area contributed by atoms with Gasteiger partial charge in [-0.05, 0) is 43.1 Å². The summed E-state index contributed by atoms with van der Waals surface area (Å²) in [4.78, 5) is 2.15. The largest absolute Gasteiger partial charge is 0.490 e. The highest BCUT2D eigenvalue weighted by Gasteiger charge is 2.18. The number of anilines is 3. The average Bonchev–Trinajstić information content (AvgIpc) is 2.72. The molecular weight excluding hydrogens is 246 g/mol. The maximum atomic E-state index is 5.80. The molecule has 5 heteroatoms. The van der Waals surface area contributed by atoms with Crippen molar-refractivity contribution in [1.82, 2.24) is 4.37 Å². The standard InChI is InChI=1S/C13H17N3OS/c1-4-16(10-7-5-6-9(2)8-10)13-11(17-3)12(14)15-18-13/h5-8H,4H2,1-3H3,(H2,14,15). The molecule has 0 radical (unpaired) electrons. The summed E-state index contributed by atoms with van der Waals surface area (Å²) in [6, 6.07) is 8.34. The molecule has 0 atom stereocenters. The van der Waals surface area contributed by atoms with E-state index in [-0.39, 0.29) is 0 Å². The summed E-state index contributed by atoms with van der Waals surface area (Å²) in [5.41, 5.74) is 8.15. The molecule has 0 amide bonds. The Labute approximate surface area is 111 Å². The van der Waals surface area contributed by atoms with Crippen LogP contribution in [0.5, 0.6) is 5.75 Å². The number of nitrogens with two attached hydrogens (primary N) is 1. The van der Waals surface area contributed by atoms with Crippen LogP contribution in [0.3, 0.4) is 0 Å². The Morgan fingerprint density at radius 2 is 2.22 bits per heavy atom. The topological polar surface area (TPSA) is 51.4 Å². The highest BCUT2D eigenvalue weighted by Crippen LogP contribution is 2.41.